The highest BCUT2D eigenvalue weighted by atomic mass is 32.2. The Morgan fingerprint density at radius 1 is 0.787 bits per heavy atom. The quantitative estimate of drug-likeness (QED) is 0.119. The van der Waals surface area contributed by atoms with Gasteiger partial charge in [0.2, 0.25) is 10.0 Å². The molecule has 2 heterocycles. The minimum absolute atomic E-state index is 0.0202. The van der Waals surface area contributed by atoms with Gasteiger partial charge in [0.25, 0.3) is 11.8 Å². The third-order valence-electron chi connectivity index (χ3n) is 11.2. The summed E-state index contributed by atoms with van der Waals surface area (Å²) in [6.45, 7) is 9.13. The Hall–Kier alpha value is -5.60. The molecule has 1 aromatic heterocycles. The topological polar surface area (TPSA) is 164 Å². The van der Waals surface area contributed by atoms with Crippen molar-refractivity contribution in [3.63, 3.8) is 0 Å². The molecule has 1 aliphatic carbocycles. The largest absolute Gasteiger partial charge is 0.469 e. The van der Waals surface area contributed by atoms with Crippen LogP contribution in [0, 0.1) is 5.92 Å². The molecule has 61 heavy (non-hydrogen) atoms. The van der Waals surface area contributed by atoms with Crippen molar-refractivity contribution in [1.29, 1.82) is 0 Å². The molecule has 6 rings (SSSR count). The van der Waals surface area contributed by atoms with E-state index in [1.54, 1.807) is 31.2 Å². The summed E-state index contributed by atoms with van der Waals surface area (Å²) in [7, 11) is -2.63. The smallest absolute Gasteiger partial charge is 0.338 e. The SMILES string of the molecule is CCN(C1CCC(C(=O)OC)CC1)S(=O)(=O)c1cccc(C(=O)Nc2ccc(N3CCCCC3)nc2C(=O)Nc2ccc(CCc3ccc(C(=O)OC(C)(C)C)cc3)cc2)c1. The Labute approximate surface area is 359 Å². The predicted octanol–water partition coefficient (Wildman–Crippen LogP) is 8.06. The van der Waals surface area contributed by atoms with Crippen molar-refractivity contribution in [1.82, 2.24) is 9.29 Å². The summed E-state index contributed by atoms with van der Waals surface area (Å²) >= 11 is 0. The molecule has 2 amide bonds. The van der Waals surface area contributed by atoms with E-state index in [2.05, 4.69) is 15.5 Å². The van der Waals surface area contributed by atoms with Crippen LogP contribution in [0.3, 0.4) is 0 Å². The number of amides is 2. The first-order chi connectivity index (χ1) is 29.1. The van der Waals surface area contributed by atoms with E-state index in [0.717, 1.165) is 56.3 Å². The van der Waals surface area contributed by atoms with Gasteiger partial charge in [0, 0.05) is 36.9 Å². The number of methoxy groups -OCH3 is 1. The lowest BCUT2D eigenvalue weighted by molar-refractivity contribution is -0.146. The summed E-state index contributed by atoms with van der Waals surface area (Å²) in [5.74, 6) is -1.35. The van der Waals surface area contributed by atoms with Crippen LogP contribution in [0.1, 0.15) is 115 Å². The van der Waals surface area contributed by atoms with Crippen LogP contribution in [0.2, 0.25) is 0 Å². The molecular formula is C47H57N5O8S. The molecule has 1 saturated carbocycles. The van der Waals surface area contributed by atoms with Crippen LogP contribution >= 0.6 is 0 Å². The lowest BCUT2D eigenvalue weighted by atomic mass is 9.86. The predicted molar refractivity (Wildman–Crippen MR) is 235 cm³/mol. The number of aryl methyl sites for hydroxylation is 2. The third kappa shape index (κ3) is 11.6. The number of piperidine rings is 1. The van der Waals surface area contributed by atoms with E-state index >= 15 is 0 Å². The Balaban J connectivity index is 1.14. The van der Waals surface area contributed by atoms with E-state index < -0.39 is 27.4 Å². The Morgan fingerprint density at radius 2 is 1.43 bits per heavy atom. The van der Waals surface area contributed by atoms with Crippen molar-refractivity contribution in [3.05, 3.63) is 113 Å². The number of carbonyl (C=O) groups excluding carboxylic acids is 4. The number of ether oxygens (including phenoxy) is 2. The number of hydrogen-bond acceptors (Lipinski definition) is 10. The van der Waals surface area contributed by atoms with Crippen LogP contribution in [-0.4, -0.2) is 79.8 Å². The van der Waals surface area contributed by atoms with Crippen molar-refractivity contribution in [2.24, 2.45) is 5.92 Å². The second-order valence-corrected chi connectivity index (χ2v) is 18.6. The Kier molecular flexibility index (Phi) is 14.6. The maximum absolute atomic E-state index is 14.0. The lowest BCUT2D eigenvalue weighted by Crippen LogP contribution is -2.43. The highest BCUT2D eigenvalue weighted by molar-refractivity contribution is 7.89. The summed E-state index contributed by atoms with van der Waals surface area (Å²) in [5.41, 5.74) is 2.94. The van der Waals surface area contributed by atoms with Gasteiger partial charge in [0.15, 0.2) is 5.69 Å². The van der Waals surface area contributed by atoms with Gasteiger partial charge < -0.3 is 25.0 Å². The zero-order chi connectivity index (χ0) is 43.7. The van der Waals surface area contributed by atoms with Gasteiger partial charge in [-0.1, -0.05) is 37.3 Å². The van der Waals surface area contributed by atoms with Crippen LogP contribution in [0.5, 0.6) is 0 Å². The molecule has 0 spiro atoms. The van der Waals surface area contributed by atoms with Crippen LogP contribution in [0.15, 0.2) is 89.8 Å². The number of nitrogens with zero attached hydrogens (tertiary/aromatic N) is 3. The molecule has 2 N–H and O–H groups in total. The van der Waals surface area contributed by atoms with Crippen LogP contribution in [-0.2, 0) is 37.1 Å². The molecule has 2 aliphatic rings. The average molecular weight is 852 g/mol. The van der Waals surface area contributed by atoms with Gasteiger partial charge in [-0.15, -0.1) is 0 Å². The number of hydrogen-bond donors (Lipinski definition) is 2. The summed E-state index contributed by atoms with van der Waals surface area (Å²) in [5, 5.41) is 5.77. The lowest BCUT2D eigenvalue weighted by Gasteiger charge is -2.34. The Bertz CT molecular complexity index is 2290. The number of carbonyl (C=O) groups is 4. The van der Waals surface area contributed by atoms with E-state index in [1.165, 1.54) is 35.7 Å². The highest BCUT2D eigenvalue weighted by Crippen LogP contribution is 2.32. The molecule has 0 bridgehead atoms. The minimum atomic E-state index is -3.99. The highest BCUT2D eigenvalue weighted by Gasteiger charge is 2.35. The average Bonchev–Trinajstić information content (AvgIpc) is 3.26. The summed E-state index contributed by atoms with van der Waals surface area (Å²) in [4.78, 5) is 59.1. The number of nitrogens with one attached hydrogen (secondary N) is 2. The Morgan fingerprint density at radius 3 is 2.03 bits per heavy atom. The first kappa shape index (κ1) is 44.9. The number of pyridine rings is 1. The number of esters is 2. The molecule has 0 unspecified atom stereocenters. The molecule has 3 aromatic carbocycles. The molecular weight excluding hydrogens is 795 g/mol. The van der Waals surface area contributed by atoms with Crippen LogP contribution < -0.4 is 15.5 Å². The maximum Gasteiger partial charge on any atom is 0.338 e. The number of sulfonamides is 1. The van der Waals surface area contributed by atoms with Gasteiger partial charge in [0.1, 0.15) is 11.4 Å². The second kappa shape index (κ2) is 19.9. The zero-order valence-corrected chi connectivity index (χ0v) is 36.6. The van der Waals surface area contributed by atoms with Crippen molar-refractivity contribution >= 4 is 51.0 Å². The van der Waals surface area contributed by atoms with Crippen molar-refractivity contribution in [2.75, 3.05) is 42.3 Å². The molecule has 1 aliphatic heterocycles. The number of rotatable bonds is 14. The fraction of sp³-hybridized carbons (Fsp3) is 0.426. The van der Waals surface area contributed by atoms with Crippen LogP contribution in [0.25, 0.3) is 0 Å². The first-order valence-corrected chi connectivity index (χ1v) is 22.6. The van der Waals surface area contributed by atoms with Gasteiger partial charge in [-0.3, -0.25) is 14.4 Å². The van der Waals surface area contributed by atoms with Crippen molar-refractivity contribution in [2.45, 2.75) is 102 Å². The normalized spacial score (nSPS) is 17.0. The summed E-state index contributed by atoms with van der Waals surface area (Å²) in [6.07, 6.45) is 6.75. The summed E-state index contributed by atoms with van der Waals surface area (Å²) in [6, 6.07) is 24.0. The third-order valence-corrected chi connectivity index (χ3v) is 13.2. The fourth-order valence-corrected chi connectivity index (χ4v) is 9.66. The van der Waals surface area contributed by atoms with E-state index in [4.69, 9.17) is 14.5 Å². The van der Waals surface area contributed by atoms with Gasteiger partial charge >= 0.3 is 11.9 Å². The maximum atomic E-state index is 14.0. The molecule has 2 fully saturated rings. The van der Waals surface area contributed by atoms with E-state index in [-0.39, 0.29) is 52.3 Å². The molecule has 0 atom stereocenters. The van der Waals surface area contributed by atoms with E-state index in [0.29, 0.717) is 42.8 Å². The standard InChI is InChI=1S/C47H57N5O8S/c1-6-52(38-25-21-34(22-26-38)45(55)59-5)61(57,58)39-12-10-11-36(31-39)43(53)49-40-27-28-41(51-29-8-7-9-30-51)50-42(40)44(54)48-37-23-17-33(18-24-37)14-13-32-15-19-35(20-16-32)46(56)60-47(2,3)4/h10-12,15-20,23-24,27-28,31,34,38H,6-9,13-14,21-22,25-26,29-30H2,1-5H3,(H,48,54)(H,49,53). The van der Waals surface area contributed by atoms with E-state index in [1.807, 2.05) is 57.2 Å². The monoisotopic (exact) mass is 851 g/mol. The number of anilines is 3. The number of benzene rings is 3. The molecule has 13 nitrogen and oxygen atoms in total. The van der Waals surface area contributed by atoms with Gasteiger partial charge in [-0.25, -0.2) is 18.2 Å². The van der Waals surface area contributed by atoms with Gasteiger partial charge in [0.05, 0.1) is 29.2 Å². The molecule has 324 valence electrons. The van der Waals surface area contributed by atoms with Crippen molar-refractivity contribution < 1.29 is 37.1 Å². The molecule has 14 heteroatoms. The minimum Gasteiger partial charge on any atom is -0.469 e. The van der Waals surface area contributed by atoms with Crippen molar-refractivity contribution in [3.8, 4) is 0 Å². The second-order valence-electron chi connectivity index (χ2n) is 16.7. The molecule has 1 saturated heterocycles. The molecule has 0 radical (unpaired) electrons. The van der Waals surface area contributed by atoms with Gasteiger partial charge in [-0.2, -0.15) is 4.31 Å². The fourth-order valence-electron chi connectivity index (χ4n) is 7.92. The van der Waals surface area contributed by atoms with Gasteiger partial charge in [-0.05, 0) is 144 Å². The van der Waals surface area contributed by atoms with E-state index in [9.17, 15) is 27.6 Å². The number of aromatic nitrogens is 1. The van der Waals surface area contributed by atoms with Crippen LogP contribution in [0.4, 0.5) is 17.2 Å². The summed E-state index contributed by atoms with van der Waals surface area (Å²) < 4.78 is 39.8. The molecule has 4 aromatic rings. The first-order valence-electron chi connectivity index (χ1n) is 21.1. The zero-order valence-electron chi connectivity index (χ0n) is 35.7.